The predicted molar refractivity (Wildman–Crippen MR) is 142 cm³/mol. The summed E-state index contributed by atoms with van der Waals surface area (Å²) in [6.07, 6.45) is 3.76. The summed E-state index contributed by atoms with van der Waals surface area (Å²) in [5.41, 5.74) is 5.17. The Balaban J connectivity index is 1.21. The SMILES string of the molecule is COc1ccc2c(Nc3ccc(C(C)=NOCCCCN4CCOCC4)cc3)c3ccoc3nc2c1. The largest absolute Gasteiger partial charge is 0.497 e. The van der Waals surface area contributed by atoms with Crippen LogP contribution in [0.25, 0.3) is 22.0 Å². The molecule has 5 rings (SSSR count). The molecule has 3 heterocycles. The molecule has 0 radical (unpaired) electrons. The maximum absolute atomic E-state index is 5.59. The van der Waals surface area contributed by atoms with Crippen molar-refractivity contribution >= 4 is 39.1 Å². The van der Waals surface area contributed by atoms with Crippen molar-refractivity contribution in [3.8, 4) is 5.75 Å². The van der Waals surface area contributed by atoms with Crippen LogP contribution in [0.15, 0.2) is 64.4 Å². The van der Waals surface area contributed by atoms with Crippen molar-refractivity contribution in [2.24, 2.45) is 5.16 Å². The monoisotopic (exact) mass is 488 g/mol. The molecule has 0 saturated carbocycles. The van der Waals surface area contributed by atoms with Gasteiger partial charge in [-0.05, 0) is 62.2 Å². The molecule has 8 heteroatoms. The number of furan rings is 1. The number of nitrogens with one attached hydrogen (secondary N) is 1. The second-order valence-electron chi connectivity index (χ2n) is 8.88. The van der Waals surface area contributed by atoms with Crippen LogP contribution in [0, 0.1) is 0 Å². The highest BCUT2D eigenvalue weighted by molar-refractivity contribution is 6.07. The number of hydrogen-bond donors (Lipinski definition) is 1. The average molecular weight is 489 g/mol. The lowest BCUT2D eigenvalue weighted by Gasteiger charge is -2.26. The summed E-state index contributed by atoms with van der Waals surface area (Å²) in [5.74, 6) is 0.755. The number of methoxy groups -OCH3 is 1. The molecule has 1 aliphatic heterocycles. The first-order chi connectivity index (χ1) is 17.7. The number of anilines is 2. The van der Waals surface area contributed by atoms with Crippen LogP contribution in [-0.2, 0) is 9.57 Å². The Bertz CT molecular complexity index is 1330. The summed E-state index contributed by atoms with van der Waals surface area (Å²) in [5, 5.41) is 9.78. The molecule has 0 bridgehead atoms. The second kappa shape index (κ2) is 11.4. The molecule has 8 nitrogen and oxygen atoms in total. The third-order valence-electron chi connectivity index (χ3n) is 6.45. The highest BCUT2D eigenvalue weighted by atomic mass is 16.6. The Kier molecular flexibility index (Phi) is 7.64. The second-order valence-corrected chi connectivity index (χ2v) is 8.88. The average Bonchev–Trinajstić information content (AvgIpc) is 3.39. The van der Waals surface area contributed by atoms with Gasteiger partial charge in [-0.15, -0.1) is 0 Å². The fourth-order valence-electron chi connectivity index (χ4n) is 4.37. The molecule has 1 aliphatic rings. The smallest absolute Gasteiger partial charge is 0.228 e. The zero-order valence-corrected chi connectivity index (χ0v) is 20.8. The Morgan fingerprint density at radius 1 is 1.06 bits per heavy atom. The number of ether oxygens (including phenoxy) is 2. The fourth-order valence-corrected chi connectivity index (χ4v) is 4.37. The summed E-state index contributed by atoms with van der Waals surface area (Å²) in [6.45, 7) is 7.43. The molecule has 0 aliphatic carbocycles. The van der Waals surface area contributed by atoms with Crippen molar-refractivity contribution in [1.29, 1.82) is 0 Å². The molecule has 1 fully saturated rings. The van der Waals surface area contributed by atoms with E-state index in [4.69, 9.17) is 18.7 Å². The van der Waals surface area contributed by atoms with Crippen molar-refractivity contribution in [2.75, 3.05) is 51.9 Å². The Morgan fingerprint density at radius 2 is 1.89 bits per heavy atom. The Labute approximate surface area is 210 Å². The topological polar surface area (TPSA) is 81.3 Å². The third-order valence-corrected chi connectivity index (χ3v) is 6.45. The molecular weight excluding hydrogens is 456 g/mol. The van der Waals surface area contributed by atoms with E-state index in [0.29, 0.717) is 12.3 Å². The van der Waals surface area contributed by atoms with Crippen LogP contribution in [0.2, 0.25) is 0 Å². The number of pyridine rings is 1. The van der Waals surface area contributed by atoms with Crippen LogP contribution in [-0.4, -0.2) is 62.2 Å². The lowest BCUT2D eigenvalue weighted by molar-refractivity contribution is 0.0358. The van der Waals surface area contributed by atoms with Gasteiger partial charge in [0, 0.05) is 30.2 Å². The van der Waals surface area contributed by atoms with Crippen molar-refractivity contribution in [3.05, 3.63) is 60.4 Å². The number of oxime groups is 1. The number of benzene rings is 2. The number of fused-ring (bicyclic) bond motifs is 2. The van der Waals surface area contributed by atoms with Crippen LogP contribution in [0.3, 0.4) is 0 Å². The molecule has 36 heavy (non-hydrogen) atoms. The summed E-state index contributed by atoms with van der Waals surface area (Å²) < 4.78 is 16.3. The third kappa shape index (κ3) is 5.61. The predicted octanol–water partition coefficient (Wildman–Crippen LogP) is 5.59. The van der Waals surface area contributed by atoms with E-state index in [0.717, 1.165) is 90.4 Å². The van der Waals surface area contributed by atoms with Crippen LogP contribution >= 0.6 is 0 Å². The van der Waals surface area contributed by atoms with Gasteiger partial charge in [-0.3, -0.25) is 4.90 Å². The van der Waals surface area contributed by atoms with Crippen molar-refractivity contribution in [1.82, 2.24) is 9.88 Å². The van der Waals surface area contributed by atoms with E-state index in [1.807, 2.05) is 55.5 Å². The maximum atomic E-state index is 5.59. The summed E-state index contributed by atoms with van der Waals surface area (Å²) in [4.78, 5) is 12.6. The number of hydrogen-bond acceptors (Lipinski definition) is 8. The molecule has 0 atom stereocenters. The standard InChI is InChI=1S/C28H32N4O4/c1-20(31-36-15-4-3-12-32-13-17-34-18-14-32)21-5-7-22(8-6-21)29-27-24-10-9-23(33-2)19-26(24)30-28-25(27)11-16-35-28/h5-11,16,19H,3-4,12-15,17-18H2,1-2H3,(H,29,30). The quantitative estimate of drug-likeness (QED) is 0.177. The van der Waals surface area contributed by atoms with Gasteiger partial charge in [0.05, 0.1) is 48.9 Å². The lowest BCUT2D eigenvalue weighted by atomic mass is 10.1. The van der Waals surface area contributed by atoms with Crippen molar-refractivity contribution < 1.29 is 18.7 Å². The Hall–Kier alpha value is -3.62. The van der Waals surface area contributed by atoms with Crippen LogP contribution in [0.5, 0.6) is 5.75 Å². The molecule has 4 aromatic rings. The molecule has 1 saturated heterocycles. The van der Waals surface area contributed by atoms with Gasteiger partial charge in [-0.1, -0.05) is 17.3 Å². The van der Waals surface area contributed by atoms with Gasteiger partial charge in [0.25, 0.3) is 0 Å². The van der Waals surface area contributed by atoms with E-state index in [-0.39, 0.29) is 0 Å². The lowest BCUT2D eigenvalue weighted by Crippen LogP contribution is -2.36. The zero-order chi connectivity index (χ0) is 24.7. The number of rotatable bonds is 10. The van der Waals surface area contributed by atoms with E-state index in [1.54, 1.807) is 13.4 Å². The van der Waals surface area contributed by atoms with Gasteiger partial charge in [-0.25, -0.2) is 4.98 Å². The first-order valence-corrected chi connectivity index (χ1v) is 12.4. The fraction of sp³-hybridized carbons (Fsp3) is 0.357. The van der Waals surface area contributed by atoms with Crippen molar-refractivity contribution in [2.45, 2.75) is 19.8 Å². The van der Waals surface area contributed by atoms with Gasteiger partial charge in [0.1, 0.15) is 12.4 Å². The van der Waals surface area contributed by atoms with Gasteiger partial charge in [0.15, 0.2) is 0 Å². The van der Waals surface area contributed by atoms with Gasteiger partial charge in [0.2, 0.25) is 5.71 Å². The highest BCUT2D eigenvalue weighted by Crippen LogP contribution is 2.35. The maximum Gasteiger partial charge on any atom is 0.228 e. The minimum Gasteiger partial charge on any atom is -0.497 e. The minimum atomic E-state index is 0.583. The normalized spacial score (nSPS) is 14.9. The zero-order valence-electron chi connectivity index (χ0n) is 20.8. The van der Waals surface area contributed by atoms with Crippen molar-refractivity contribution in [3.63, 3.8) is 0 Å². The van der Waals surface area contributed by atoms with E-state index in [2.05, 4.69) is 20.4 Å². The number of aromatic nitrogens is 1. The molecular formula is C28H32N4O4. The molecule has 2 aromatic heterocycles. The first kappa shape index (κ1) is 24.1. The van der Waals surface area contributed by atoms with Gasteiger partial charge >= 0.3 is 0 Å². The van der Waals surface area contributed by atoms with E-state index >= 15 is 0 Å². The first-order valence-electron chi connectivity index (χ1n) is 12.4. The van der Waals surface area contributed by atoms with E-state index < -0.39 is 0 Å². The Morgan fingerprint density at radius 3 is 2.69 bits per heavy atom. The van der Waals surface area contributed by atoms with Crippen LogP contribution in [0.4, 0.5) is 11.4 Å². The summed E-state index contributed by atoms with van der Waals surface area (Å²) in [7, 11) is 1.65. The molecule has 0 amide bonds. The molecule has 1 N–H and O–H groups in total. The van der Waals surface area contributed by atoms with E-state index in [9.17, 15) is 0 Å². The summed E-state index contributed by atoms with van der Waals surface area (Å²) in [6, 6.07) is 16.0. The number of morpholine rings is 1. The molecule has 0 unspecified atom stereocenters. The molecule has 0 spiro atoms. The summed E-state index contributed by atoms with van der Waals surface area (Å²) >= 11 is 0. The van der Waals surface area contributed by atoms with E-state index in [1.165, 1.54) is 0 Å². The molecule has 188 valence electrons. The van der Waals surface area contributed by atoms with Crippen LogP contribution < -0.4 is 10.1 Å². The van der Waals surface area contributed by atoms with Gasteiger partial charge < -0.3 is 24.0 Å². The number of nitrogens with zero attached hydrogens (tertiary/aromatic N) is 3. The molecule has 2 aromatic carbocycles. The highest BCUT2D eigenvalue weighted by Gasteiger charge is 2.13. The minimum absolute atomic E-state index is 0.583. The van der Waals surface area contributed by atoms with Crippen LogP contribution in [0.1, 0.15) is 25.3 Å². The number of unbranched alkanes of at least 4 members (excludes halogenated alkanes) is 1. The van der Waals surface area contributed by atoms with Gasteiger partial charge in [-0.2, -0.15) is 0 Å².